The number of nitrogens with one attached hydrogen (secondary N) is 1. The van der Waals surface area contributed by atoms with E-state index in [0.29, 0.717) is 5.56 Å². The highest BCUT2D eigenvalue weighted by Crippen LogP contribution is 2.17. The number of pyridine rings is 1. The lowest BCUT2D eigenvalue weighted by Gasteiger charge is -2.00. The van der Waals surface area contributed by atoms with E-state index in [1.807, 2.05) is 6.92 Å². The number of aromatic amines is 1. The number of nitrogens with zero attached hydrogens (tertiary/aromatic N) is 2. The molecule has 2 heterocycles. The van der Waals surface area contributed by atoms with Crippen LogP contribution in [0.4, 0.5) is 0 Å². The van der Waals surface area contributed by atoms with Crippen LogP contribution in [0.3, 0.4) is 0 Å². The summed E-state index contributed by atoms with van der Waals surface area (Å²) in [4.78, 5) is 15.2. The number of Topliss-reactive ketones (excluding diaryl/α,β-unsaturated/α-hetero) is 1. The predicted octanol–water partition coefficient (Wildman–Crippen LogP) is 1.47. The van der Waals surface area contributed by atoms with Crippen molar-refractivity contribution in [2.75, 3.05) is 0 Å². The zero-order valence-electron chi connectivity index (χ0n) is 7.46. The molecule has 0 aliphatic rings. The molecule has 0 atom stereocenters. The molecule has 0 aliphatic heterocycles. The number of fused-ring (bicyclic) bond motifs is 1. The Balaban J connectivity index is 2.80. The summed E-state index contributed by atoms with van der Waals surface area (Å²) in [5, 5.41) is 7.53. The summed E-state index contributed by atoms with van der Waals surface area (Å²) in [5.74, 6) is 0.0353. The number of hydrogen-bond donors (Lipinski definition) is 1. The molecule has 2 aromatic rings. The second-order valence-corrected chi connectivity index (χ2v) is 2.99. The third-order valence-corrected chi connectivity index (χ3v) is 2.13. The van der Waals surface area contributed by atoms with Gasteiger partial charge in [0.05, 0.1) is 6.20 Å². The standard InChI is InChI=1S/C9H9N3O/c1-5-7(6(2)13)3-10-9-8(5)4-11-12-9/h3-4H,1-2H3,(H,10,11,12). The van der Waals surface area contributed by atoms with Crippen LogP contribution in [-0.2, 0) is 0 Å². The van der Waals surface area contributed by atoms with Gasteiger partial charge in [-0.05, 0) is 19.4 Å². The molecule has 0 radical (unpaired) electrons. The Morgan fingerprint density at radius 2 is 2.23 bits per heavy atom. The molecular formula is C9H9N3O. The molecule has 0 aliphatic carbocycles. The minimum absolute atomic E-state index is 0.0353. The number of rotatable bonds is 1. The number of H-pyrrole nitrogens is 1. The number of aromatic nitrogens is 3. The van der Waals surface area contributed by atoms with E-state index in [1.54, 1.807) is 12.4 Å². The van der Waals surface area contributed by atoms with Crippen molar-refractivity contribution in [2.45, 2.75) is 13.8 Å². The van der Waals surface area contributed by atoms with Crippen LogP contribution in [0.5, 0.6) is 0 Å². The quantitative estimate of drug-likeness (QED) is 0.667. The van der Waals surface area contributed by atoms with Gasteiger partial charge in [-0.15, -0.1) is 0 Å². The van der Waals surface area contributed by atoms with Gasteiger partial charge in [0, 0.05) is 17.1 Å². The highest BCUT2D eigenvalue weighted by Gasteiger charge is 2.08. The highest BCUT2D eigenvalue weighted by atomic mass is 16.1. The van der Waals surface area contributed by atoms with Gasteiger partial charge in [-0.1, -0.05) is 0 Å². The van der Waals surface area contributed by atoms with Gasteiger partial charge in [0.2, 0.25) is 0 Å². The normalized spacial score (nSPS) is 10.6. The van der Waals surface area contributed by atoms with E-state index in [0.717, 1.165) is 16.6 Å². The Labute approximate surface area is 75.0 Å². The number of carbonyl (C=O) groups is 1. The topological polar surface area (TPSA) is 58.6 Å². The molecule has 2 aromatic heterocycles. The van der Waals surface area contributed by atoms with Gasteiger partial charge < -0.3 is 0 Å². The number of carbonyl (C=O) groups excluding carboxylic acids is 1. The molecule has 0 fully saturated rings. The van der Waals surface area contributed by atoms with Gasteiger partial charge in [-0.25, -0.2) is 4.98 Å². The zero-order chi connectivity index (χ0) is 9.42. The van der Waals surface area contributed by atoms with E-state index in [2.05, 4.69) is 15.2 Å². The van der Waals surface area contributed by atoms with Gasteiger partial charge >= 0.3 is 0 Å². The van der Waals surface area contributed by atoms with E-state index >= 15 is 0 Å². The molecule has 4 heteroatoms. The van der Waals surface area contributed by atoms with Crippen molar-refractivity contribution in [1.29, 1.82) is 0 Å². The zero-order valence-corrected chi connectivity index (χ0v) is 7.46. The minimum Gasteiger partial charge on any atom is -0.294 e. The maximum Gasteiger partial charge on any atom is 0.161 e. The largest absolute Gasteiger partial charge is 0.294 e. The molecule has 0 bridgehead atoms. The van der Waals surface area contributed by atoms with Gasteiger partial charge in [0.25, 0.3) is 0 Å². The van der Waals surface area contributed by atoms with E-state index in [9.17, 15) is 4.79 Å². The summed E-state index contributed by atoms with van der Waals surface area (Å²) in [6.45, 7) is 3.44. The first kappa shape index (κ1) is 7.91. The second-order valence-electron chi connectivity index (χ2n) is 2.99. The number of hydrogen-bond acceptors (Lipinski definition) is 3. The van der Waals surface area contributed by atoms with Crippen LogP contribution in [0.2, 0.25) is 0 Å². The van der Waals surface area contributed by atoms with Crippen LogP contribution in [0, 0.1) is 6.92 Å². The molecular weight excluding hydrogens is 166 g/mol. The molecule has 0 amide bonds. The fraction of sp³-hybridized carbons (Fsp3) is 0.222. The Hall–Kier alpha value is -1.71. The van der Waals surface area contributed by atoms with Crippen LogP contribution >= 0.6 is 0 Å². The van der Waals surface area contributed by atoms with Crippen LogP contribution in [-0.4, -0.2) is 21.0 Å². The molecule has 0 saturated carbocycles. The van der Waals surface area contributed by atoms with E-state index in [4.69, 9.17) is 0 Å². The van der Waals surface area contributed by atoms with Crippen molar-refractivity contribution in [2.24, 2.45) is 0 Å². The summed E-state index contributed by atoms with van der Waals surface area (Å²) in [6, 6.07) is 0. The fourth-order valence-electron chi connectivity index (χ4n) is 1.38. The molecule has 0 spiro atoms. The molecule has 0 saturated heterocycles. The number of aryl methyl sites for hydroxylation is 1. The van der Waals surface area contributed by atoms with Crippen LogP contribution < -0.4 is 0 Å². The minimum atomic E-state index is 0.0353. The van der Waals surface area contributed by atoms with Crippen LogP contribution in [0.25, 0.3) is 11.0 Å². The van der Waals surface area contributed by atoms with Crippen molar-refractivity contribution in [1.82, 2.24) is 15.2 Å². The summed E-state index contributed by atoms with van der Waals surface area (Å²) >= 11 is 0. The molecule has 13 heavy (non-hydrogen) atoms. The monoisotopic (exact) mass is 175 g/mol. The first-order chi connectivity index (χ1) is 6.20. The second kappa shape index (κ2) is 2.65. The first-order valence-electron chi connectivity index (χ1n) is 4.00. The molecule has 2 rings (SSSR count). The fourth-order valence-corrected chi connectivity index (χ4v) is 1.38. The summed E-state index contributed by atoms with van der Waals surface area (Å²) < 4.78 is 0. The van der Waals surface area contributed by atoms with Crippen LogP contribution in [0.15, 0.2) is 12.4 Å². The van der Waals surface area contributed by atoms with Crippen molar-refractivity contribution < 1.29 is 4.79 Å². The third-order valence-electron chi connectivity index (χ3n) is 2.13. The van der Waals surface area contributed by atoms with E-state index in [1.165, 1.54) is 6.92 Å². The van der Waals surface area contributed by atoms with Crippen LogP contribution in [0.1, 0.15) is 22.8 Å². The highest BCUT2D eigenvalue weighted by molar-refractivity contribution is 5.99. The van der Waals surface area contributed by atoms with Crippen molar-refractivity contribution in [3.63, 3.8) is 0 Å². The molecule has 0 aromatic carbocycles. The third kappa shape index (κ3) is 1.11. The average molecular weight is 175 g/mol. The molecule has 4 nitrogen and oxygen atoms in total. The van der Waals surface area contributed by atoms with Crippen molar-refractivity contribution in [3.8, 4) is 0 Å². The summed E-state index contributed by atoms with van der Waals surface area (Å²) in [5.41, 5.74) is 2.32. The summed E-state index contributed by atoms with van der Waals surface area (Å²) in [6.07, 6.45) is 3.27. The first-order valence-corrected chi connectivity index (χ1v) is 4.00. The maximum atomic E-state index is 11.2. The predicted molar refractivity (Wildman–Crippen MR) is 48.6 cm³/mol. The van der Waals surface area contributed by atoms with Gasteiger partial charge in [0.1, 0.15) is 0 Å². The van der Waals surface area contributed by atoms with Crippen molar-refractivity contribution >= 4 is 16.8 Å². The Morgan fingerprint density at radius 3 is 2.92 bits per heavy atom. The molecule has 0 unspecified atom stereocenters. The van der Waals surface area contributed by atoms with E-state index < -0.39 is 0 Å². The number of ketones is 1. The summed E-state index contributed by atoms with van der Waals surface area (Å²) in [7, 11) is 0. The lowest BCUT2D eigenvalue weighted by Crippen LogP contribution is -1.97. The Morgan fingerprint density at radius 1 is 1.46 bits per heavy atom. The Bertz CT molecular complexity index is 473. The SMILES string of the molecule is CC(=O)c1cnc2[nH]ncc2c1C. The lowest BCUT2D eigenvalue weighted by atomic mass is 10.1. The van der Waals surface area contributed by atoms with Gasteiger partial charge in [-0.2, -0.15) is 5.10 Å². The van der Waals surface area contributed by atoms with Gasteiger partial charge in [-0.3, -0.25) is 9.89 Å². The van der Waals surface area contributed by atoms with E-state index in [-0.39, 0.29) is 5.78 Å². The molecule has 66 valence electrons. The van der Waals surface area contributed by atoms with Crippen molar-refractivity contribution in [3.05, 3.63) is 23.5 Å². The lowest BCUT2D eigenvalue weighted by molar-refractivity contribution is 0.101. The Kier molecular flexibility index (Phi) is 1.62. The van der Waals surface area contributed by atoms with Gasteiger partial charge in [0.15, 0.2) is 11.4 Å². The maximum absolute atomic E-state index is 11.2. The molecule has 1 N–H and O–H groups in total. The smallest absolute Gasteiger partial charge is 0.161 e. The average Bonchev–Trinajstić information content (AvgIpc) is 2.52.